The average Bonchev–Trinajstić information content (AvgIpc) is 3.23. The van der Waals surface area contributed by atoms with Crippen molar-refractivity contribution in [2.75, 3.05) is 31.7 Å². The number of nitrogens with one attached hydrogen (secondary N) is 2. The number of rotatable bonds is 8. The first kappa shape index (κ1) is 26.4. The molecule has 0 bridgehead atoms. The lowest BCUT2D eigenvalue weighted by Crippen LogP contribution is -2.40. The number of fused-ring (bicyclic) bond motifs is 1. The second kappa shape index (κ2) is 11.7. The molecule has 0 spiro atoms. The van der Waals surface area contributed by atoms with E-state index in [2.05, 4.69) is 20.6 Å². The van der Waals surface area contributed by atoms with Crippen LogP contribution in [0.1, 0.15) is 40.4 Å². The summed E-state index contributed by atoms with van der Waals surface area (Å²) in [5.41, 5.74) is 3.20. The molecule has 1 atom stereocenters. The zero-order valence-corrected chi connectivity index (χ0v) is 22.0. The minimum atomic E-state index is -0.628. The fraction of sp³-hybridized carbons (Fsp3) is 0.333. The third-order valence-corrected chi connectivity index (χ3v) is 7.18. The number of aromatic nitrogens is 2. The van der Waals surface area contributed by atoms with E-state index >= 15 is 0 Å². The Labute approximate surface area is 230 Å². The maximum absolute atomic E-state index is 13.2. The Balaban J connectivity index is 1.28. The van der Waals surface area contributed by atoms with Crippen molar-refractivity contribution in [1.29, 1.82) is 0 Å². The Hall–Kier alpha value is -3.24. The Bertz CT molecular complexity index is 1350. The first-order chi connectivity index (χ1) is 18.4. The summed E-state index contributed by atoms with van der Waals surface area (Å²) in [6, 6.07) is 12.0. The molecule has 1 saturated heterocycles. The highest BCUT2D eigenvalue weighted by Crippen LogP contribution is 2.31. The van der Waals surface area contributed by atoms with Crippen LogP contribution in [0.15, 0.2) is 48.7 Å². The lowest BCUT2D eigenvalue weighted by Gasteiger charge is -2.23. The molecule has 3 aromatic rings. The number of hydrogen-bond acceptors (Lipinski definition) is 7. The summed E-state index contributed by atoms with van der Waals surface area (Å²) in [6.45, 7) is 1.25. The normalized spacial score (nSPS) is 16.3. The molecule has 5 rings (SSSR count). The number of hydrogen-bond donors (Lipinski definition) is 3. The van der Waals surface area contributed by atoms with Crippen LogP contribution in [-0.4, -0.2) is 64.2 Å². The molecule has 0 saturated carbocycles. The maximum atomic E-state index is 13.2. The van der Waals surface area contributed by atoms with Gasteiger partial charge in [0.25, 0.3) is 5.91 Å². The molecule has 3 N–H and O–H groups in total. The number of amides is 2. The molecule has 0 aliphatic carbocycles. The van der Waals surface area contributed by atoms with Crippen molar-refractivity contribution in [3.05, 3.63) is 75.4 Å². The Kier molecular flexibility index (Phi) is 8.09. The molecule has 2 aliphatic heterocycles. The second-order valence-electron chi connectivity index (χ2n) is 9.31. The van der Waals surface area contributed by atoms with Crippen molar-refractivity contribution in [1.82, 2.24) is 20.2 Å². The van der Waals surface area contributed by atoms with E-state index in [1.807, 2.05) is 12.1 Å². The number of aliphatic hydroxyl groups is 1. The van der Waals surface area contributed by atoms with Gasteiger partial charge in [-0.2, -0.15) is 0 Å². The van der Waals surface area contributed by atoms with Gasteiger partial charge in [-0.1, -0.05) is 47.5 Å². The molecule has 38 heavy (non-hydrogen) atoms. The minimum absolute atomic E-state index is 0.145. The first-order valence-corrected chi connectivity index (χ1v) is 13.1. The molecule has 3 heterocycles. The number of anilines is 1. The van der Waals surface area contributed by atoms with Crippen molar-refractivity contribution in [2.24, 2.45) is 0 Å². The predicted octanol–water partition coefficient (Wildman–Crippen LogP) is 3.85. The van der Waals surface area contributed by atoms with Crippen LogP contribution in [0.25, 0.3) is 11.3 Å². The van der Waals surface area contributed by atoms with E-state index in [1.165, 1.54) is 4.90 Å². The zero-order chi connectivity index (χ0) is 26.6. The van der Waals surface area contributed by atoms with E-state index in [1.54, 1.807) is 36.5 Å². The quantitative estimate of drug-likeness (QED) is 0.386. The van der Waals surface area contributed by atoms with Crippen LogP contribution in [0, 0.1) is 0 Å². The summed E-state index contributed by atoms with van der Waals surface area (Å²) >= 11 is 12.5. The van der Waals surface area contributed by atoms with Crippen LogP contribution in [0.5, 0.6) is 0 Å². The number of carbonyl (C=O) groups excluding carboxylic acids is 2. The van der Waals surface area contributed by atoms with Crippen molar-refractivity contribution in [2.45, 2.75) is 31.5 Å². The summed E-state index contributed by atoms with van der Waals surface area (Å²) in [5.74, 6) is -0.168. The average molecular weight is 556 g/mol. The molecular weight excluding hydrogens is 529 g/mol. The molecule has 1 fully saturated rings. The largest absolute Gasteiger partial charge is 0.394 e. The minimum Gasteiger partial charge on any atom is -0.394 e. The molecule has 0 unspecified atom stereocenters. The monoisotopic (exact) mass is 555 g/mol. The SMILES string of the molecule is O=C(CN1Cc2ccc(-c3nc(NC4CCOCC4)ncc3Cl)cc2C1=O)N[C@H](CO)c1cccc(Cl)c1. The fourth-order valence-electron chi connectivity index (χ4n) is 4.67. The molecule has 198 valence electrons. The highest BCUT2D eigenvalue weighted by atomic mass is 35.5. The van der Waals surface area contributed by atoms with Gasteiger partial charge < -0.3 is 25.4 Å². The zero-order valence-electron chi connectivity index (χ0n) is 20.5. The number of halogens is 2. The van der Waals surface area contributed by atoms with Gasteiger partial charge in [0.2, 0.25) is 11.9 Å². The number of benzene rings is 2. The Morgan fingerprint density at radius 3 is 2.76 bits per heavy atom. The van der Waals surface area contributed by atoms with Gasteiger partial charge in [0.05, 0.1) is 29.6 Å². The summed E-state index contributed by atoms with van der Waals surface area (Å²) in [6.07, 6.45) is 3.29. The van der Waals surface area contributed by atoms with Gasteiger partial charge >= 0.3 is 0 Å². The van der Waals surface area contributed by atoms with Crippen LogP contribution in [-0.2, 0) is 16.1 Å². The van der Waals surface area contributed by atoms with Crippen molar-refractivity contribution >= 4 is 41.0 Å². The van der Waals surface area contributed by atoms with Crippen molar-refractivity contribution in [3.8, 4) is 11.3 Å². The third kappa shape index (κ3) is 5.91. The van der Waals surface area contributed by atoms with Crippen molar-refractivity contribution < 1.29 is 19.4 Å². The van der Waals surface area contributed by atoms with Gasteiger partial charge in [0.1, 0.15) is 6.54 Å². The number of aliphatic hydroxyl groups excluding tert-OH is 1. The van der Waals surface area contributed by atoms with Crippen molar-refractivity contribution in [3.63, 3.8) is 0 Å². The lowest BCUT2D eigenvalue weighted by atomic mass is 10.0. The van der Waals surface area contributed by atoms with Crippen LogP contribution >= 0.6 is 23.2 Å². The van der Waals surface area contributed by atoms with E-state index in [9.17, 15) is 14.7 Å². The maximum Gasteiger partial charge on any atom is 0.254 e. The standard InChI is InChI=1S/C27H27Cl2N5O4/c28-19-3-1-2-16(10-19)23(15-35)32-24(36)14-34-13-18-5-4-17(11-21(18)26(34)37)25-22(29)12-30-27(33-25)31-20-6-8-38-9-7-20/h1-5,10-12,20,23,35H,6-9,13-15H2,(H,32,36)(H,30,31,33)/t23-/m1/s1. The Morgan fingerprint density at radius 1 is 1.18 bits per heavy atom. The molecule has 2 aliphatic rings. The molecule has 9 nitrogen and oxygen atoms in total. The number of ether oxygens (including phenoxy) is 1. The van der Waals surface area contributed by atoms with E-state index in [4.69, 9.17) is 27.9 Å². The predicted molar refractivity (Wildman–Crippen MR) is 144 cm³/mol. The summed E-state index contributed by atoms with van der Waals surface area (Å²) < 4.78 is 5.41. The van der Waals surface area contributed by atoms with E-state index in [0.29, 0.717) is 58.1 Å². The lowest BCUT2D eigenvalue weighted by molar-refractivity contribution is -0.122. The second-order valence-corrected chi connectivity index (χ2v) is 10.2. The van der Waals surface area contributed by atoms with E-state index in [0.717, 1.165) is 18.4 Å². The topological polar surface area (TPSA) is 117 Å². The van der Waals surface area contributed by atoms with Gasteiger partial charge in [0.15, 0.2) is 0 Å². The molecule has 11 heteroatoms. The third-order valence-electron chi connectivity index (χ3n) is 6.66. The van der Waals surface area contributed by atoms with Crippen LogP contribution in [0.4, 0.5) is 5.95 Å². The summed E-state index contributed by atoms with van der Waals surface area (Å²) in [7, 11) is 0. The van der Waals surface area contributed by atoms with Crippen LogP contribution in [0.3, 0.4) is 0 Å². The summed E-state index contributed by atoms with van der Waals surface area (Å²) in [5, 5.41) is 16.8. The van der Waals surface area contributed by atoms with Crippen LogP contribution < -0.4 is 10.6 Å². The van der Waals surface area contributed by atoms with E-state index in [-0.39, 0.29) is 31.0 Å². The highest BCUT2D eigenvalue weighted by Gasteiger charge is 2.30. The molecule has 2 aromatic carbocycles. The van der Waals surface area contributed by atoms with Gasteiger partial charge in [-0.25, -0.2) is 9.97 Å². The number of carbonyl (C=O) groups is 2. The Morgan fingerprint density at radius 2 is 2.00 bits per heavy atom. The van der Waals surface area contributed by atoms with E-state index < -0.39 is 6.04 Å². The van der Waals surface area contributed by atoms with Gasteiger partial charge in [0, 0.05) is 41.9 Å². The van der Waals surface area contributed by atoms with Gasteiger partial charge in [-0.15, -0.1) is 0 Å². The van der Waals surface area contributed by atoms with Gasteiger partial charge in [-0.3, -0.25) is 9.59 Å². The smallest absolute Gasteiger partial charge is 0.254 e. The fourth-order valence-corrected chi connectivity index (χ4v) is 5.07. The first-order valence-electron chi connectivity index (χ1n) is 12.4. The van der Waals surface area contributed by atoms with Gasteiger partial charge in [-0.05, 0) is 42.2 Å². The molecule has 0 radical (unpaired) electrons. The van der Waals surface area contributed by atoms with Crippen LogP contribution in [0.2, 0.25) is 10.0 Å². The highest BCUT2D eigenvalue weighted by molar-refractivity contribution is 6.33. The molecular formula is C27H27Cl2N5O4. The number of nitrogens with zero attached hydrogens (tertiary/aromatic N) is 3. The molecule has 2 amide bonds. The molecule has 1 aromatic heterocycles. The summed E-state index contributed by atoms with van der Waals surface area (Å²) in [4.78, 5) is 36.3.